The summed E-state index contributed by atoms with van der Waals surface area (Å²) in [5.74, 6) is 0.653. The molecule has 1 aliphatic rings. The molecule has 3 atom stereocenters. The summed E-state index contributed by atoms with van der Waals surface area (Å²) >= 11 is 0. The van der Waals surface area contributed by atoms with Gasteiger partial charge in [0.15, 0.2) is 0 Å². The number of rotatable bonds is 6. The van der Waals surface area contributed by atoms with Crippen LogP contribution in [0.15, 0.2) is 24.3 Å². The summed E-state index contributed by atoms with van der Waals surface area (Å²) in [5, 5.41) is 21.9. The van der Waals surface area contributed by atoms with E-state index in [0.29, 0.717) is 23.9 Å². The molecule has 3 unspecified atom stereocenters. The smallest absolute Gasteiger partial charge is 0.119 e. The Morgan fingerprint density at radius 3 is 2.85 bits per heavy atom. The van der Waals surface area contributed by atoms with Gasteiger partial charge in [-0.3, -0.25) is 0 Å². The first kappa shape index (κ1) is 14.8. The van der Waals surface area contributed by atoms with Gasteiger partial charge in [0.25, 0.3) is 0 Å². The fourth-order valence-electron chi connectivity index (χ4n) is 2.16. The van der Waals surface area contributed by atoms with Gasteiger partial charge in [-0.05, 0) is 37.6 Å². The second kappa shape index (κ2) is 7.25. The van der Waals surface area contributed by atoms with Crippen molar-refractivity contribution >= 4 is 0 Å². The second-order valence-corrected chi connectivity index (χ2v) is 4.98. The molecule has 0 bridgehead atoms. The van der Waals surface area contributed by atoms with E-state index in [1.807, 2.05) is 13.0 Å². The van der Waals surface area contributed by atoms with Gasteiger partial charge in [0.2, 0.25) is 0 Å². The van der Waals surface area contributed by atoms with Crippen molar-refractivity contribution in [2.24, 2.45) is 0 Å². The van der Waals surface area contributed by atoms with Crippen molar-refractivity contribution in [3.8, 4) is 11.8 Å². The van der Waals surface area contributed by atoms with Crippen LogP contribution in [0.1, 0.15) is 18.9 Å². The van der Waals surface area contributed by atoms with Gasteiger partial charge in [-0.2, -0.15) is 5.26 Å². The third-order valence-corrected chi connectivity index (χ3v) is 3.42. The average Bonchev–Trinajstić information content (AvgIpc) is 2.89. The van der Waals surface area contributed by atoms with Crippen LogP contribution in [0.5, 0.6) is 5.75 Å². The Morgan fingerprint density at radius 1 is 1.50 bits per heavy atom. The zero-order valence-electron chi connectivity index (χ0n) is 11.6. The van der Waals surface area contributed by atoms with Crippen molar-refractivity contribution in [1.82, 2.24) is 5.32 Å². The molecule has 0 aromatic heterocycles. The molecular weight excluding hydrogens is 256 g/mol. The fraction of sp³-hybridized carbons (Fsp3) is 0.533. The summed E-state index contributed by atoms with van der Waals surface area (Å²) < 4.78 is 10.9. The van der Waals surface area contributed by atoms with Gasteiger partial charge in [-0.25, -0.2) is 0 Å². The Bertz CT molecular complexity index is 455. The standard InChI is InChI=1S/C15H20N2O3/c1-11-15(6-7-19-11)17-9-13(18)10-20-14-4-2-12(8-16)3-5-14/h2-5,11,13,15,17-18H,6-7,9-10H2,1H3. The predicted octanol–water partition coefficient (Wildman–Crippen LogP) is 1.06. The molecule has 0 amide bonds. The van der Waals surface area contributed by atoms with Crippen LogP contribution in [0.25, 0.3) is 0 Å². The largest absolute Gasteiger partial charge is 0.491 e. The summed E-state index contributed by atoms with van der Waals surface area (Å²) in [5.41, 5.74) is 0.592. The van der Waals surface area contributed by atoms with Gasteiger partial charge < -0.3 is 19.9 Å². The van der Waals surface area contributed by atoms with E-state index >= 15 is 0 Å². The average molecular weight is 276 g/mol. The molecule has 1 saturated heterocycles. The highest BCUT2D eigenvalue weighted by atomic mass is 16.5. The highest BCUT2D eigenvalue weighted by Crippen LogP contribution is 2.13. The van der Waals surface area contributed by atoms with E-state index in [-0.39, 0.29) is 12.7 Å². The molecule has 5 nitrogen and oxygen atoms in total. The maximum atomic E-state index is 9.88. The van der Waals surface area contributed by atoms with Crippen LogP contribution < -0.4 is 10.1 Å². The Morgan fingerprint density at radius 2 is 2.25 bits per heavy atom. The van der Waals surface area contributed by atoms with Gasteiger partial charge in [0.1, 0.15) is 18.5 Å². The summed E-state index contributed by atoms with van der Waals surface area (Å²) in [6, 6.07) is 9.19. The summed E-state index contributed by atoms with van der Waals surface area (Å²) in [6.45, 7) is 3.51. The van der Waals surface area contributed by atoms with Crippen LogP contribution in [-0.2, 0) is 4.74 Å². The first-order chi connectivity index (χ1) is 9.69. The van der Waals surface area contributed by atoms with E-state index in [1.54, 1.807) is 24.3 Å². The molecule has 2 rings (SSSR count). The molecule has 0 saturated carbocycles. The Kier molecular flexibility index (Phi) is 5.36. The lowest BCUT2D eigenvalue weighted by Crippen LogP contribution is -2.41. The molecule has 2 N–H and O–H groups in total. The Hall–Kier alpha value is -1.61. The van der Waals surface area contributed by atoms with E-state index in [1.165, 1.54) is 0 Å². The van der Waals surface area contributed by atoms with Crippen LogP contribution in [-0.4, -0.2) is 43.1 Å². The lowest BCUT2D eigenvalue weighted by molar-refractivity contribution is 0.0897. The van der Waals surface area contributed by atoms with Crippen LogP contribution in [0, 0.1) is 11.3 Å². The first-order valence-corrected chi connectivity index (χ1v) is 6.85. The topological polar surface area (TPSA) is 74.5 Å². The van der Waals surface area contributed by atoms with Crippen LogP contribution in [0.3, 0.4) is 0 Å². The van der Waals surface area contributed by atoms with Crippen molar-refractivity contribution in [1.29, 1.82) is 5.26 Å². The fourth-order valence-corrected chi connectivity index (χ4v) is 2.16. The van der Waals surface area contributed by atoms with E-state index in [4.69, 9.17) is 14.7 Å². The molecule has 1 aromatic carbocycles. The van der Waals surface area contributed by atoms with Crippen molar-refractivity contribution in [3.05, 3.63) is 29.8 Å². The molecule has 1 heterocycles. The summed E-state index contributed by atoms with van der Waals surface area (Å²) in [4.78, 5) is 0. The maximum Gasteiger partial charge on any atom is 0.119 e. The number of nitriles is 1. The number of ether oxygens (including phenoxy) is 2. The highest BCUT2D eigenvalue weighted by Gasteiger charge is 2.24. The molecule has 20 heavy (non-hydrogen) atoms. The third-order valence-electron chi connectivity index (χ3n) is 3.42. The monoisotopic (exact) mass is 276 g/mol. The van der Waals surface area contributed by atoms with Crippen LogP contribution >= 0.6 is 0 Å². The third kappa shape index (κ3) is 4.20. The zero-order valence-corrected chi connectivity index (χ0v) is 11.6. The lowest BCUT2D eigenvalue weighted by Gasteiger charge is -2.19. The molecule has 1 aliphatic heterocycles. The van der Waals surface area contributed by atoms with Crippen LogP contribution in [0.4, 0.5) is 0 Å². The van der Waals surface area contributed by atoms with Crippen molar-refractivity contribution in [2.75, 3.05) is 19.8 Å². The van der Waals surface area contributed by atoms with Gasteiger partial charge in [0, 0.05) is 19.2 Å². The Labute approximate surface area is 119 Å². The van der Waals surface area contributed by atoms with E-state index < -0.39 is 6.10 Å². The maximum absolute atomic E-state index is 9.88. The number of nitrogens with one attached hydrogen (secondary N) is 1. The zero-order chi connectivity index (χ0) is 14.4. The summed E-state index contributed by atoms with van der Waals surface area (Å²) in [7, 11) is 0. The normalized spacial score (nSPS) is 23.2. The van der Waals surface area contributed by atoms with E-state index in [0.717, 1.165) is 13.0 Å². The summed E-state index contributed by atoms with van der Waals surface area (Å²) in [6.07, 6.45) is 0.602. The SMILES string of the molecule is CC1OCCC1NCC(O)COc1ccc(C#N)cc1. The minimum atomic E-state index is -0.571. The lowest BCUT2D eigenvalue weighted by atomic mass is 10.1. The second-order valence-electron chi connectivity index (χ2n) is 4.98. The van der Waals surface area contributed by atoms with Gasteiger partial charge >= 0.3 is 0 Å². The van der Waals surface area contributed by atoms with Crippen molar-refractivity contribution in [3.63, 3.8) is 0 Å². The molecule has 0 radical (unpaired) electrons. The molecule has 108 valence electrons. The Balaban J connectivity index is 1.69. The van der Waals surface area contributed by atoms with Gasteiger partial charge in [0.05, 0.1) is 17.7 Å². The minimum absolute atomic E-state index is 0.196. The molecule has 1 fully saturated rings. The number of hydrogen-bond acceptors (Lipinski definition) is 5. The van der Waals surface area contributed by atoms with Crippen molar-refractivity contribution in [2.45, 2.75) is 31.6 Å². The number of aliphatic hydroxyl groups excluding tert-OH is 1. The predicted molar refractivity (Wildman–Crippen MR) is 74.5 cm³/mol. The number of hydrogen-bond donors (Lipinski definition) is 2. The molecule has 5 heteroatoms. The first-order valence-electron chi connectivity index (χ1n) is 6.85. The van der Waals surface area contributed by atoms with Crippen LogP contribution in [0.2, 0.25) is 0 Å². The number of nitrogens with zero attached hydrogens (tertiary/aromatic N) is 1. The van der Waals surface area contributed by atoms with Gasteiger partial charge in [-0.1, -0.05) is 0 Å². The molecule has 0 aliphatic carbocycles. The highest BCUT2D eigenvalue weighted by molar-refractivity contribution is 5.34. The molecular formula is C15H20N2O3. The van der Waals surface area contributed by atoms with E-state index in [2.05, 4.69) is 5.32 Å². The van der Waals surface area contributed by atoms with E-state index in [9.17, 15) is 5.11 Å². The van der Waals surface area contributed by atoms with Crippen molar-refractivity contribution < 1.29 is 14.6 Å². The molecule has 0 spiro atoms. The number of benzene rings is 1. The number of aliphatic hydroxyl groups is 1. The minimum Gasteiger partial charge on any atom is -0.491 e. The molecule has 1 aromatic rings. The van der Waals surface area contributed by atoms with Gasteiger partial charge in [-0.15, -0.1) is 0 Å². The quantitative estimate of drug-likeness (QED) is 0.813.